The Morgan fingerprint density at radius 2 is 1.67 bits per heavy atom. The van der Waals surface area contributed by atoms with Gasteiger partial charge in [0.2, 0.25) is 0 Å². The Morgan fingerprint density at radius 1 is 1.00 bits per heavy atom. The van der Waals surface area contributed by atoms with Crippen molar-refractivity contribution in [2.75, 3.05) is 6.54 Å². The number of hydrogen-bond donors (Lipinski definition) is 1. The molecule has 88 valence electrons. The van der Waals surface area contributed by atoms with E-state index in [0.29, 0.717) is 0 Å². The summed E-state index contributed by atoms with van der Waals surface area (Å²) in [6, 6.07) is 0.882. The lowest BCUT2D eigenvalue weighted by Crippen LogP contribution is -2.39. The van der Waals surface area contributed by atoms with Gasteiger partial charge in [-0.15, -0.1) is 0 Å². The first-order valence-corrected chi connectivity index (χ1v) is 6.99. The highest BCUT2D eigenvalue weighted by Crippen LogP contribution is 2.33. The maximum absolute atomic E-state index is 3.73. The first kappa shape index (κ1) is 11.4. The molecule has 2 aliphatic carbocycles. The molecule has 15 heavy (non-hydrogen) atoms. The topological polar surface area (TPSA) is 12.0 Å². The molecule has 0 heterocycles. The minimum Gasteiger partial charge on any atom is -0.314 e. The third-order valence-corrected chi connectivity index (χ3v) is 4.63. The van der Waals surface area contributed by atoms with Crippen LogP contribution >= 0.6 is 0 Å². The third kappa shape index (κ3) is 3.21. The van der Waals surface area contributed by atoms with Crippen LogP contribution in [0.3, 0.4) is 0 Å². The van der Waals surface area contributed by atoms with Crippen LogP contribution in [-0.2, 0) is 0 Å². The maximum Gasteiger partial charge on any atom is 0.00671 e. The quantitative estimate of drug-likeness (QED) is 0.746. The van der Waals surface area contributed by atoms with E-state index in [1.165, 1.54) is 51.5 Å². The number of nitrogens with one attached hydrogen (secondary N) is 1. The second kappa shape index (κ2) is 5.34. The molecule has 0 aromatic heterocycles. The molecule has 0 radical (unpaired) electrons. The Hall–Kier alpha value is -0.0400. The molecule has 2 rings (SSSR count). The molecule has 0 aromatic carbocycles. The molecule has 0 saturated heterocycles. The average Bonchev–Trinajstić information content (AvgIpc) is 2.16. The van der Waals surface area contributed by atoms with E-state index in [1.54, 1.807) is 0 Å². The Bertz CT molecular complexity index is 176. The maximum atomic E-state index is 3.73. The highest BCUT2D eigenvalue weighted by atomic mass is 14.9. The van der Waals surface area contributed by atoms with Crippen molar-refractivity contribution in [3.8, 4) is 0 Å². The van der Waals surface area contributed by atoms with Gasteiger partial charge in [0.05, 0.1) is 0 Å². The Balaban J connectivity index is 1.60. The van der Waals surface area contributed by atoms with Crippen molar-refractivity contribution < 1.29 is 0 Å². The molecule has 0 spiro atoms. The molecule has 0 bridgehead atoms. The van der Waals surface area contributed by atoms with Crippen molar-refractivity contribution in [2.45, 2.75) is 64.8 Å². The molecule has 0 aliphatic heterocycles. The van der Waals surface area contributed by atoms with E-state index in [2.05, 4.69) is 19.2 Å². The van der Waals surface area contributed by atoms with Crippen molar-refractivity contribution in [3.63, 3.8) is 0 Å². The van der Waals surface area contributed by atoms with Crippen LogP contribution in [-0.4, -0.2) is 12.6 Å². The zero-order valence-corrected chi connectivity index (χ0v) is 10.5. The summed E-state index contributed by atoms with van der Waals surface area (Å²) in [5.41, 5.74) is 0. The van der Waals surface area contributed by atoms with Crippen molar-refractivity contribution >= 4 is 0 Å². The van der Waals surface area contributed by atoms with E-state index < -0.39 is 0 Å². The molecule has 2 saturated carbocycles. The molecule has 0 atom stereocenters. The normalized spacial score (nSPS) is 33.0. The van der Waals surface area contributed by atoms with E-state index >= 15 is 0 Å². The fraction of sp³-hybridized carbons (Fsp3) is 1.00. The Morgan fingerprint density at radius 3 is 2.13 bits per heavy atom. The number of hydrogen-bond acceptors (Lipinski definition) is 1. The van der Waals surface area contributed by atoms with Crippen LogP contribution in [0.2, 0.25) is 0 Å². The third-order valence-electron chi connectivity index (χ3n) is 4.63. The van der Waals surface area contributed by atoms with E-state index in [4.69, 9.17) is 0 Å². The van der Waals surface area contributed by atoms with Gasteiger partial charge in [-0.1, -0.05) is 20.3 Å². The molecule has 2 fully saturated rings. The summed E-state index contributed by atoms with van der Waals surface area (Å²) in [6.07, 6.45) is 10.2. The summed E-state index contributed by atoms with van der Waals surface area (Å²) in [5, 5.41) is 3.73. The monoisotopic (exact) mass is 209 g/mol. The van der Waals surface area contributed by atoms with Gasteiger partial charge in [-0.3, -0.25) is 0 Å². The fourth-order valence-electron chi connectivity index (χ4n) is 3.00. The van der Waals surface area contributed by atoms with Crippen molar-refractivity contribution in [3.05, 3.63) is 0 Å². The zero-order chi connectivity index (χ0) is 10.7. The van der Waals surface area contributed by atoms with E-state index in [0.717, 1.165) is 23.8 Å². The largest absolute Gasteiger partial charge is 0.314 e. The van der Waals surface area contributed by atoms with Crippen molar-refractivity contribution in [2.24, 2.45) is 17.8 Å². The van der Waals surface area contributed by atoms with Crippen molar-refractivity contribution in [1.82, 2.24) is 5.32 Å². The van der Waals surface area contributed by atoms with E-state index in [9.17, 15) is 0 Å². The lowest BCUT2D eigenvalue weighted by atomic mass is 9.77. The fourth-order valence-corrected chi connectivity index (χ4v) is 3.00. The summed E-state index contributed by atoms with van der Waals surface area (Å²) >= 11 is 0. The molecule has 1 nitrogen and oxygen atoms in total. The van der Waals surface area contributed by atoms with Gasteiger partial charge in [-0.25, -0.2) is 0 Å². The lowest BCUT2D eigenvalue weighted by molar-refractivity contribution is 0.208. The second-order valence-corrected chi connectivity index (χ2v) is 6.06. The van der Waals surface area contributed by atoms with E-state index in [-0.39, 0.29) is 0 Å². The lowest BCUT2D eigenvalue weighted by Gasteiger charge is -2.33. The van der Waals surface area contributed by atoms with Crippen LogP contribution < -0.4 is 5.32 Å². The molecule has 0 unspecified atom stereocenters. The van der Waals surface area contributed by atoms with Crippen LogP contribution in [0.4, 0.5) is 0 Å². The van der Waals surface area contributed by atoms with Gasteiger partial charge < -0.3 is 5.32 Å². The minimum absolute atomic E-state index is 0.882. The smallest absolute Gasteiger partial charge is 0.00671 e. The van der Waals surface area contributed by atoms with Gasteiger partial charge in [0.25, 0.3) is 0 Å². The number of rotatable bonds is 4. The second-order valence-electron chi connectivity index (χ2n) is 6.06. The summed E-state index contributed by atoms with van der Waals surface area (Å²) < 4.78 is 0. The average molecular weight is 209 g/mol. The van der Waals surface area contributed by atoms with Gasteiger partial charge in [0.1, 0.15) is 0 Å². The van der Waals surface area contributed by atoms with Gasteiger partial charge in [0.15, 0.2) is 0 Å². The molecule has 0 amide bonds. The predicted octanol–water partition coefficient (Wildman–Crippen LogP) is 3.59. The van der Waals surface area contributed by atoms with Crippen LogP contribution in [0.15, 0.2) is 0 Å². The molecule has 1 heteroatoms. The summed E-state index contributed by atoms with van der Waals surface area (Å²) in [6.45, 7) is 6.07. The van der Waals surface area contributed by atoms with Gasteiger partial charge in [-0.05, 0) is 62.8 Å². The van der Waals surface area contributed by atoms with Gasteiger partial charge in [-0.2, -0.15) is 0 Å². The highest BCUT2D eigenvalue weighted by molar-refractivity contribution is 4.80. The SMILES string of the molecule is CC(C)C1CCC(CNC2CCC2)CC1. The predicted molar refractivity (Wildman–Crippen MR) is 65.9 cm³/mol. The Labute approximate surface area is 95.0 Å². The minimum atomic E-state index is 0.882. The highest BCUT2D eigenvalue weighted by Gasteiger charge is 2.24. The van der Waals surface area contributed by atoms with Crippen LogP contribution in [0.5, 0.6) is 0 Å². The first-order chi connectivity index (χ1) is 7.25. The molecular formula is C14H27N. The summed E-state index contributed by atoms with van der Waals surface area (Å²) in [7, 11) is 0. The zero-order valence-electron chi connectivity index (χ0n) is 10.5. The van der Waals surface area contributed by atoms with Gasteiger partial charge in [0, 0.05) is 6.04 Å². The van der Waals surface area contributed by atoms with Crippen molar-refractivity contribution in [1.29, 1.82) is 0 Å². The van der Waals surface area contributed by atoms with Crippen LogP contribution in [0, 0.1) is 17.8 Å². The summed E-state index contributed by atoms with van der Waals surface area (Å²) in [5.74, 6) is 2.91. The Kier molecular flexibility index (Phi) is 4.07. The standard InChI is InChI=1S/C14H27N/c1-11(2)13-8-6-12(7-9-13)10-15-14-4-3-5-14/h11-15H,3-10H2,1-2H3. The molecule has 1 N–H and O–H groups in total. The first-order valence-electron chi connectivity index (χ1n) is 6.99. The van der Waals surface area contributed by atoms with Gasteiger partial charge >= 0.3 is 0 Å². The molecular weight excluding hydrogens is 182 g/mol. The van der Waals surface area contributed by atoms with Crippen LogP contribution in [0.25, 0.3) is 0 Å². The molecule has 2 aliphatic rings. The summed E-state index contributed by atoms with van der Waals surface area (Å²) in [4.78, 5) is 0. The van der Waals surface area contributed by atoms with E-state index in [1.807, 2.05) is 0 Å². The van der Waals surface area contributed by atoms with Crippen LogP contribution in [0.1, 0.15) is 58.8 Å². The molecule has 0 aromatic rings.